The van der Waals surface area contributed by atoms with Gasteiger partial charge in [-0.15, -0.1) is 11.3 Å². The van der Waals surface area contributed by atoms with E-state index in [-0.39, 0.29) is 0 Å². The third-order valence-electron chi connectivity index (χ3n) is 3.06. The number of ether oxygens (including phenoxy) is 1. The van der Waals surface area contributed by atoms with Crippen molar-refractivity contribution in [3.63, 3.8) is 0 Å². The quantitative estimate of drug-likeness (QED) is 0.794. The van der Waals surface area contributed by atoms with E-state index in [0.29, 0.717) is 17.2 Å². The number of aromatic carboxylic acids is 1. The Bertz CT molecular complexity index is 810. The molecule has 0 atom stereocenters. The molecule has 0 radical (unpaired) electrons. The molecule has 21 heavy (non-hydrogen) atoms. The second kappa shape index (κ2) is 5.54. The van der Waals surface area contributed by atoms with Gasteiger partial charge in [-0.05, 0) is 31.2 Å². The van der Waals surface area contributed by atoms with Crippen molar-refractivity contribution in [3.8, 4) is 5.75 Å². The van der Waals surface area contributed by atoms with Crippen molar-refractivity contribution < 1.29 is 14.6 Å². The van der Waals surface area contributed by atoms with Gasteiger partial charge in [0, 0.05) is 16.0 Å². The molecule has 3 rings (SSSR count). The maximum Gasteiger partial charge on any atom is 0.345 e. The molecule has 106 valence electrons. The fraction of sp³-hybridized carbons (Fsp3) is 0.125. The number of aryl methyl sites for hydroxylation is 1. The van der Waals surface area contributed by atoms with E-state index in [2.05, 4.69) is 4.98 Å². The summed E-state index contributed by atoms with van der Waals surface area (Å²) >= 11 is 1.22. The summed E-state index contributed by atoms with van der Waals surface area (Å²) in [7, 11) is 0. The van der Waals surface area contributed by atoms with Crippen LogP contribution in [-0.2, 0) is 6.61 Å². The SMILES string of the molecule is Cc1ccc2cccc(OCc3ccc(C(=O)O)s3)c2n1. The molecule has 4 nitrogen and oxygen atoms in total. The van der Waals surface area contributed by atoms with Gasteiger partial charge in [0.25, 0.3) is 0 Å². The highest BCUT2D eigenvalue weighted by Gasteiger charge is 2.09. The van der Waals surface area contributed by atoms with Crippen LogP contribution in [0, 0.1) is 6.92 Å². The van der Waals surface area contributed by atoms with Crippen LogP contribution in [0.25, 0.3) is 10.9 Å². The second-order valence-corrected chi connectivity index (χ2v) is 5.81. The first-order valence-corrected chi connectivity index (χ1v) is 7.26. The lowest BCUT2D eigenvalue weighted by Crippen LogP contribution is -1.95. The van der Waals surface area contributed by atoms with Crippen LogP contribution >= 0.6 is 11.3 Å². The molecule has 0 saturated carbocycles. The Kier molecular flexibility index (Phi) is 3.58. The fourth-order valence-corrected chi connectivity index (χ4v) is 2.81. The zero-order valence-electron chi connectivity index (χ0n) is 11.4. The Balaban J connectivity index is 1.84. The smallest absolute Gasteiger partial charge is 0.345 e. The average Bonchev–Trinajstić information content (AvgIpc) is 2.94. The number of pyridine rings is 1. The van der Waals surface area contributed by atoms with Crippen LogP contribution in [0.5, 0.6) is 5.75 Å². The number of aromatic nitrogens is 1. The summed E-state index contributed by atoms with van der Waals surface area (Å²) in [4.78, 5) is 16.6. The molecule has 0 aliphatic rings. The van der Waals surface area contributed by atoms with E-state index in [9.17, 15) is 4.79 Å². The molecule has 0 amide bonds. The Morgan fingerprint density at radius 2 is 2.10 bits per heavy atom. The van der Waals surface area contributed by atoms with Gasteiger partial charge in [-0.25, -0.2) is 9.78 Å². The van der Waals surface area contributed by atoms with Gasteiger partial charge >= 0.3 is 5.97 Å². The van der Waals surface area contributed by atoms with Crippen molar-refractivity contribution in [2.24, 2.45) is 0 Å². The molecule has 0 bridgehead atoms. The van der Waals surface area contributed by atoms with Gasteiger partial charge in [-0.2, -0.15) is 0 Å². The number of benzene rings is 1. The molecule has 2 heterocycles. The number of nitrogens with zero attached hydrogens (tertiary/aromatic N) is 1. The average molecular weight is 299 g/mol. The van der Waals surface area contributed by atoms with Gasteiger partial charge in [0.2, 0.25) is 0 Å². The Morgan fingerprint density at radius 3 is 2.86 bits per heavy atom. The molecule has 2 aromatic heterocycles. The highest BCUT2D eigenvalue weighted by molar-refractivity contribution is 7.13. The van der Waals surface area contributed by atoms with Gasteiger partial charge in [0.15, 0.2) is 0 Å². The molecule has 1 aromatic carbocycles. The highest BCUT2D eigenvalue weighted by atomic mass is 32.1. The number of thiophene rings is 1. The van der Waals surface area contributed by atoms with Crippen LogP contribution in [0.2, 0.25) is 0 Å². The molecule has 0 saturated heterocycles. The molecule has 0 fully saturated rings. The van der Waals surface area contributed by atoms with E-state index in [1.165, 1.54) is 11.3 Å². The number of carbonyl (C=O) groups is 1. The van der Waals surface area contributed by atoms with Crippen molar-refractivity contribution in [2.45, 2.75) is 13.5 Å². The third kappa shape index (κ3) is 2.87. The summed E-state index contributed by atoms with van der Waals surface area (Å²) in [6.45, 7) is 2.28. The summed E-state index contributed by atoms with van der Waals surface area (Å²) in [5.41, 5.74) is 1.76. The van der Waals surface area contributed by atoms with E-state index in [0.717, 1.165) is 21.5 Å². The number of rotatable bonds is 4. The minimum atomic E-state index is -0.909. The fourth-order valence-electron chi connectivity index (χ4n) is 2.05. The normalized spacial score (nSPS) is 10.7. The monoisotopic (exact) mass is 299 g/mol. The summed E-state index contributed by atoms with van der Waals surface area (Å²) in [5.74, 6) is -0.199. The molecule has 0 spiro atoms. The number of carboxylic acids is 1. The summed E-state index contributed by atoms with van der Waals surface area (Å²) in [6, 6.07) is 13.1. The van der Waals surface area contributed by atoms with Crippen LogP contribution in [0.15, 0.2) is 42.5 Å². The van der Waals surface area contributed by atoms with Gasteiger partial charge in [-0.3, -0.25) is 0 Å². The predicted octanol–water partition coefficient (Wildman–Crippen LogP) is 3.88. The van der Waals surface area contributed by atoms with Crippen molar-refractivity contribution >= 4 is 28.2 Å². The van der Waals surface area contributed by atoms with Crippen LogP contribution in [0.1, 0.15) is 20.2 Å². The van der Waals surface area contributed by atoms with Gasteiger partial charge in [-0.1, -0.05) is 18.2 Å². The van der Waals surface area contributed by atoms with Crippen molar-refractivity contribution in [1.82, 2.24) is 4.98 Å². The van der Waals surface area contributed by atoms with Crippen molar-refractivity contribution in [1.29, 1.82) is 0 Å². The van der Waals surface area contributed by atoms with Crippen LogP contribution in [-0.4, -0.2) is 16.1 Å². The Hall–Kier alpha value is -2.40. The molecule has 3 aromatic rings. The van der Waals surface area contributed by atoms with Gasteiger partial charge < -0.3 is 9.84 Å². The Morgan fingerprint density at radius 1 is 1.24 bits per heavy atom. The third-order valence-corrected chi connectivity index (χ3v) is 4.11. The molecule has 5 heteroatoms. The molecular formula is C16H13NO3S. The number of hydrogen-bond acceptors (Lipinski definition) is 4. The van der Waals surface area contributed by atoms with Crippen LogP contribution < -0.4 is 4.74 Å². The first-order valence-electron chi connectivity index (χ1n) is 6.44. The standard InChI is InChI=1S/C16H13NO3S/c1-10-5-6-11-3-2-4-13(15(11)17-10)20-9-12-7-8-14(21-12)16(18)19/h2-8H,9H2,1H3,(H,18,19). The van der Waals surface area contributed by atoms with E-state index in [1.54, 1.807) is 12.1 Å². The van der Waals surface area contributed by atoms with Crippen molar-refractivity contribution in [3.05, 3.63) is 57.9 Å². The second-order valence-electron chi connectivity index (χ2n) is 4.64. The van der Waals surface area contributed by atoms with Crippen LogP contribution in [0.3, 0.4) is 0 Å². The van der Waals surface area contributed by atoms with E-state index >= 15 is 0 Å². The number of para-hydroxylation sites is 1. The largest absolute Gasteiger partial charge is 0.486 e. The van der Waals surface area contributed by atoms with Gasteiger partial charge in [0.05, 0.1) is 0 Å². The lowest BCUT2D eigenvalue weighted by Gasteiger charge is -2.08. The zero-order valence-corrected chi connectivity index (χ0v) is 12.2. The molecule has 0 aliphatic heterocycles. The first-order chi connectivity index (χ1) is 10.1. The lowest BCUT2D eigenvalue weighted by atomic mass is 10.2. The molecule has 0 aliphatic carbocycles. The zero-order chi connectivity index (χ0) is 14.8. The van der Waals surface area contributed by atoms with Crippen molar-refractivity contribution in [2.75, 3.05) is 0 Å². The number of carboxylic acid groups (broad SMARTS) is 1. The molecular weight excluding hydrogens is 286 g/mol. The maximum absolute atomic E-state index is 10.9. The number of hydrogen-bond donors (Lipinski definition) is 1. The first kappa shape index (κ1) is 13.6. The molecule has 1 N–H and O–H groups in total. The summed E-state index contributed by atoms with van der Waals surface area (Å²) < 4.78 is 5.81. The topological polar surface area (TPSA) is 59.4 Å². The maximum atomic E-state index is 10.9. The summed E-state index contributed by atoms with van der Waals surface area (Å²) in [5, 5.41) is 9.94. The lowest BCUT2D eigenvalue weighted by molar-refractivity contribution is 0.0702. The van der Waals surface area contributed by atoms with E-state index in [4.69, 9.17) is 9.84 Å². The highest BCUT2D eigenvalue weighted by Crippen LogP contribution is 2.26. The minimum absolute atomic E-state index is 0.320. The number of fused-ring (bicyclic) bond motifs is 1. The van der Waals surface area contributed by atoms with Crippen LogP contribution in [0.4, 0.5) is 0 Å². The predicted molar refractivity (Wildman–Crippen MR) is 82.1 cm³/mol. The van der Waals surface area contributed by atoms with E-state index < -0.39 is 5.97 Å². The minimum Gasteiger partial charge on any atom is -0.486 e. The molecule has 0 unspecified atom stereocenters. The summed E-state index contributed by atoms with van der Waals surface area (Å²) in [6.07, 6.45) is 0. The van der Waals surface area contributed by atoms with Gasteiger partial charge in [0.1, 0.15) is 22.8 Å². The van der Waals surface area contributed by atoms with E-state index in [1.807, 2.05) is 37.3 Å². The Labute approximate surface area is 125 Å².